The van der Waals surface area contributed by atoms with Crippen LogP contribution >= 0.6 is 11.6 Å². The van der Waals surface area contributed by atoms with Gasteiger partial charge in [0.1, 0.15) is 0 Å². The van der Waals surface area contributed by atoms with E-state index in [9.17, 15) is 0 Å². The molecule has 1 saturated heterocycles. The van der Waals surface area contributed by atoms with Gasteiger partial charge < -0.3 is 9.80 Å². The van der Waals surface area contributed by atoms with Gasteiger partial charge in [-0.2, -0.15) is 0 Å². The molecule has 0 amide bonds. The fourth-order valence-corrected chi connectivity index (χ4v) is 2.63. The highest BCUT2D eigenvalue weighted by Crippen LogP contribution is 2.23. The molecule has 0 atom stereocenters. The molecule has 1 aliphatic heterocycles. The molecule has 3 heteroatoms. The molecule has 2 rings (SSSR count). The van der Waals surface area contributed by atoms with E-state index >= 15 is 0 Å². The zero-order valence-corrected chi connectivity index (χ0v) is 11.5. The van der Waals surface area contributed by atoms with Gasteiger partial charge in [0.25, 0.3) is 0 Å². The highest BCUT2D eigenvalue weighted by atomic mass is 35.5. The lowest BCUT2D eigenvalue weighted by atomic mass is 10.1. The maximum atomic E-state index is 5.85. The number of piperazine rings is 1. The molecule has 0 aromatic heterocycles. The van der Waals surface area contributed by atoms with Crippen molar-refractivity contribution in [2.75, 3.05) is 37.6 Å². The van der Waals surface area contributed by atoms with E-state index in [1.54, 1.807) is 0 Å². The summed E-state index contributed by atoms with van der Waals surface area (Å²) in [6, 6.07) is 6.56. The Morgan fingerprint density at radius 2 is 1.88 bits per heavy atom. The van der Waals surface area contributed by atoms with Crippen molar-refractivity contribution in [1.29, 1.82) is 0 Å². The Morgan fingerprint density at radius 1 is 1.18 bits per heavy atom. The third-order valence-corrected chi connectivity index (χ3v) is 3.88. The number of alkyl halides is 1. The van der Waals surface area contributed by atoms with Crippen LogP contribution in [0.2, 0.25) is 0 Å². The maximum absolute atomic E-state index is 5.85. The van der Waals surface area contributed by atoms with Gasteiger partial charge in [-0.05, 0) is 30.7 Å². The zero-order valence-electron chi connectivity index (χ0n) is 10.7. The van der Waals surface area contributed by atoms with Crippen molar-refractivity contribution in [3.63, 3.8) is 0 Å². The van der Waals surface area contributed by atoms with Gasteiger partial charge in [-0.1, -0.05) is 19.1 Å². The van der Waals surface area contributed by atoms with Gasteiger partial charge >= 0.3 is 0 Å². The average Bonchev–Trinajstić information content (AvgIpc) is 2.39. The molecule has 1 aliphatic rings. The average molecular weight is 253 g/mol. The Hall–Kier alpha value is -0.730. The van der Waals surface area contributed by atoms with Gasteiger partial charge in [0, 0.05) is 37.7 Å². The molecule has 2 nitrogen and oxygen atoms in total. The third kappa shape index (κ3) is 2.93. The van der Waals surface area contributed by atoms with E-state index in [4.69, 9.17) is 11.6 Å². The molecule has 0 aliphatic carbocycles. The predicted molar refractivity (Wildman–Crippen MR) is 75.1 cm³/mol. The van der Waals surface area contributed by atoms with E-state index in [2.05, 4.69) is 41.8 Å². The van der Waals surface area contributed by atoms with Crippen molar-refractivity contribution in [2.24, 2.45) is 0 Å². The number of halogens is 1. The number of nitrogens with zero attached hydrogens (tertiary/aromatic N) is 2. The SMILES string of the molecule is CCN1CCN(c2ccc(CCl)cc2C)CC1. The summed E-state index contributed by atoms with van der Waals surface area (Å²) < 4.78 is 0. The monoisotopic (exact) mass is 252 g/mol. The van der Waals surface area contributed by atoms with E-state index in [1.165, 1.54) is 29.9 Å². The molecule has 0 N–H and O–H groups in total. The first-order chi connectivity index (χ1) is 8.24. The molecule has 17 heavy (non-hydrogen) atoms. The standard InChI is InChI=1S/C14H21ClN2/c1-3-16-6-8-17(9-7-16)14-5-4-13(11-15)10-12(14)2/h4-5,10H,3,6-9,11H2,1-2H3. The number of anilines is 1. The fraction of sp³-hybridized carbons (Fsp3) is 0.571. The minimum atomic E-state index is 0.602. The summed E-state index contributed by atoms with van der Waals surface area (Å²) in [7, 11) is 0. The summed E-state index contributed by atoms with van der Waals surface area (Å²) in [4.78, 5) is 4.98. The molecular weight excluding hydrogens is 232 g/mol. The smallest absolute Gasteiger partial charge is 0.0474 e. The number of hydrogen-bond donors (Lipinski definition) is 0. The first-order valence-electron chi connectivity index (χ1n) is 6.37. The highest BCUT2D eigenvalue weighted by molar-refractivity contribution is 6.17. The Balaban J connectivity index is 2.08. The van der Waals surface area contributed by atoms with Crippen LogP contribution in [0.25, 0.3) is 0 Å². The Morgan fingerprint density at radius 3 is 2.41 bits per heavy atom. The van der Waals surface area contributed by atoms with Crippen molar-refractivity contribution in [3.05, 3.63) is 29.3 Å². The van der Waals surface area contributed by atoms with E-state index in [1.807, 2.05) is 0 Å². The molecule has 1 heterocycles. The quantitative estimate of drug-likeness (QED) is 0.764. The second-order valence-corrected chi connectivity index (χ2v) is 4.94. The van der Waals surface area contributed by atoms with E-state index in [0.29, 0.717) is 5.88 Å². The topological polar surface area (TPSA) is 6.48 Å². The van der Waals surface area contributed by atoms with Gasteiger partial charge in [-0.15, -0.1) is 11.6 Å². The molecule has 1 aromatic carbocycles. The first kappa shape index (κ1) is 12.7. The number of aryl methyl sites for hydroxylation is 1. The summed E-state index contributed by atoms with van der Waals surface area (Å²) in [5.74, 6) is 0.602. The lowest BCUT2D eigenvalue weighted by Gasteiger charge is -2.36. The Labute approximate surface area is 109 Å². The zero-order chi connectivity index (χ0) is 12.3. The van der Waals surface area contributed by atoms with Crippen LogP contribution in [0.15, 0.2) is 18.2 Å². The van der Waals surface area contributed by atoms with Crippen molar-refractivity contribution >= 4 is 17.3 Å². The largest absolute Gasteiger partial charge is 0.369 e. The van der Waals surface area contributed by atoms with E-state index in [-0.39, 0.29) is 0 Å². The summed E-state index contributed by atoms with van der Waals surface area (Å²) in [5, 5.41) is 0. The second-order valence-electron chi connectivity index (χ2n) is 4.68. The van der Waals surface area contributed by atoms with Crippen LogP contribution < -0.4 is 4.90 Å². The summed E-state index contributed by atoms with van der Waals surface area (Å²) in [6.07, 6.45) is 0. The summed E-state index contributed by atoms with van der Waals surface area (Å²) in [6.45, 7) is 10.2. The summed E-state index contributed by atoms with van der Waals surface area (Å²) >= 11 is 5.85. The molecule has 1 fully saturated rings. The number of benzene rings is 1. The first-order valence-corrected chi connectivity index (χ1v) is 6.91. The van der Waals surface area contributed by atoms with Crippen molar-refractivity contribution in [1.82, 2.24) is 4.90 Å². The summed E-state index contributed by atoms with van der Waals surface area (Å²) in [5.41, 5.74) is 3.92. The lowest BCUT2D eigenvalue weighted by molar-refractivity contribution is 0.271. The van der Waals surface area contributed by atoms with Crippen LogP contribution in [0, 0.1) is 6.92 Å². The van der Waals surface area contributed by atoms with Crippen molar-refractivity contribution in [3.8, 4) is 0 Å². The lowest BCUT2D eigenvalue weighted by Crippen LogP contribution is -2.46. The van der Waals surface area contributed by atoms with E-state index < -0.39 is 0 Å². The molecule has 1 aromatic rings. The van der Waals surface area contributed by atoms with Crippen LogP contribution in [-0.4, -0.2) is 37.6 Å². The molecule has 0 unspecified atom stereocenters. The maximum Gasteiger partial charge on any atom is 0.0474 e. The normalized spacial score (nSPS) is 17.5. The molecular formula is C14H21ClN2. The van der Waals surface area contributed by atoms with Crippen LogP contribution in [0.3, 0.4) is 0 Å². The third-order valence-electron chi connectivity index (χ3n) is 3.58. The predicted octanol–water partition coefficient (Wildman–Crippen LogP) is 2.88. The number of likely N-dealkylation sites (N-methyl/N-ethyl adjacent to an activating group) is 1. The van der Waals surface area contributed by atoms with Crippen LogP contribution in [0.1, 0.15) is 18.1 Å². The molecule has 0 spiro atoms. The minimum Gasteiger partial charge on any atom is -0.369 e. The highest BCUT2D eigenvalue weighted by Gasteiger charge is 2.16. The van der Waals surface area contributed by atoms with Gasteiger partial charge in [-0.3, -0.25) is 0 Å². The minimum absolute atomic E-state index is 0.602. The Kier molecular flexibility index (Phi) is 4.30. The van der Waals surface area contributed by atoms with Gasteiger partial charge in [0.2, 0.25) is 0 Å². The second kappa shape index (κ2) is 5.74. The van der Waals surface area contributed by atoms with Crippen LogP contribution in [0.5, 0.6) is 0 Å². The fourth-order valence-electron chi connectivity index (χ4n) is 2.46. The number of hydrogen-bond acceptors (Lipinski definition) is 2. The number of rotatable bonds is 3. The van der Waals surface area contributed by atoms with Gasteiger partial charge in [0.15, 0.2) is 0 Å². The van der Waals surface area contributed by atoms with Gasteiger partial charge in [-0.25, -0.2) is 0 Å². The van der Waals surface area contributed by atoms with Crippen LogP contribution in [0.4, 0.5) is 5.69 Å². The van der Waals surface area contributed by atoms with E-state index in [0.717, 1.165) is 19.6 Å². The molecule has 94 valence electrons. The van der Waals surface area contributed by atoms with Crippen LogP contribution in [-0.2, 0) is 5.88 Å². The van der Waals surface area contributed by atoms with Gasteiger partial charge in [0.05, 0.1) is 0 Å². The molecule has 0 saturated carbocycles. The molecule has 0 bridgehead atoms. The van der Waals surface area contributed by atoms with Crippen molar-refractivity contribution < 1.29 is 0 Å². The van der Waals surface area contributed by atoms with Crippen molar-refractivity contribution in [2.45, 2.75) is 19.7 Å². The Bertz CT molecular complexity index is 370. The molecule has 0 radical (unpaired) electrons.